The van der Waals surface area contributed by atoms with Crippen molar-refractivity contribution in [2.24, 2.45) is 11.8 Å². The van der Waals surface area contributed by atoms with Gasteiger partial charge in [-0.1, -0.05) is 54.6 Å². The molecule has 0 radical (unpaired) electrons. The first-order valence-corrected chi connectivity index (χ1v) is 10.5. The van der Waals surface area contributed by atoms with Gasteiger partial charge in [-0.3, -0.25) is 4.79 Å². The predicted octanol–water partition coefficient (Wildman–Crippen LogP) is 3.06. The molecule has 2 aliphatic heterocycles. The molecule has 2 saturated heterocycles. The average molecular weight is 379 g/mol. The van der Waals surface area contributed by atoms with E-state index in [1.165, 1.54) is 24.0 Å². The van der Waals surface area contributed by atoms with Crippen LogP contribution in [0.15, 0.2) is 54.6 Å². The summed E-state index contributed by atoms with van der Waals surface area (Å²) in [4.78, 5) is 17.3. The number of hydrogen-bond donors (Lipinski definition) is 1. The van der Waals surface area contributed by atoms with E-state index in [0.717, 1.165) is 31.7 Å². The number of amides is 1. The van der Waals surface area contributed by atoms with Gasteiger partial charge in [0, 0.05) is 32.2 Å². The fourth-order valence-electron chi connectivity index (χ4n) is 4.58. The lowest BCUT2D eigenvalue weighted by Crippen LogP contribution is -2.33. The third-order valence-electron chi connectivity index (χ3n) is 6.27. The van der Waals surface area contributed by atoms with Crippen LogP contribution in [0.25, 0.3) is 11.1 Å². The molecule has 4 heteroatoms. The van der Waals surface area contributed by atoms with Crippen LogP contribution in [0.5, 0.6) is 0 Å². The van der Waals surface area contributed by atoms with Crippen LogP contribution in [0.4, 0.5) is 0 Å². The van der Waals surface area contributed by atoms with Gasteiger partial charge < -0.3 is 14.9 Å². The van der Waals surface area contributed by atoms with E-state index in [-0.39, 0.29) is 18.4 Å². The molecule has 148 valence electrons. The molecule has 0 aromatic heterocycles. The third-order valence-corrected chi connectivity index (χ3v) is 6.27. The zero-order valence-electron chi connectivity index (χ0n) is 16.5. The summed E-state index contributed by atoms with van der Waals surface area (Å²) in [7, 11) is 0. The number of aliphatic hydroxyl groups is 1. The number of carbonyl (C=O) groups is 1. The number of likely N-dealkylation sites (tertiary alicyclic amines) is 2. The highest BCUT2D eigenvalue weighted by atomic mass is 16.3. The lowest BCUT2D eigenvalue weighted by Gasteiger charge is -2.22. The highest BCUT2D eigenvalue weighted by Gasteiger charge is 2.35. The molecule has 0 spiro atoms. The van der Waals surface area contributed by atoms with Crippen molar-refractivity contribution < 1.29 is 9.90 Å². The maximum atomic E-state index is 12.8. The maximum Gasteiger partial charge on any atom is 0.227 e. The number of nitrogens with zero attached hydrogens (tertiary/aromatic N) is 2. The maximum absolute atomic E-state index is 12.8. The molecule has 2 aliphatic rings. The predicted molar refractivity (Wildman–Crippen MR) is 112 cm³/mol. The minimum absolute atomic E-state index is 0.175. The number of benzene rings is 2. The Kier molecular flexibility index (Phi) is 6.08. The second-order valence-corrected chi connectivity index (χ2v) is 8.25. The van der Waals surface area contributed by atoms with E-state index < -0.39 is 0 Å². The lowest BCUT2D eigenvalue weighted by molar-refractivity contribution is -0.129. The first-order valence-electron chi connectivity index (χ1n) is 10.5. The van der Waals surface area contributed by atoms with Gasteiger partial charge in [-0.25, -0.2) is 0 Å². The first kappa shape index (κ1) is 19.2. The van der Waals surface area contributed by atoms with Crippen LogP contribution < -0.4 is 0 Å². The Morgan fingerprint density at radius 1 is 0.893 bits per heavy atom. The molecule has 1 amide bonds. The van der Waals surface area contributed by atoms with Crippen molar-refractivity contribution in [1.82, 2.24) is 9.80 Å². The van der Waals surface area contributed by atoms with E-state index >= 15 is 0 Å². The van der Waals surface area contributed by atoms with Gasteiger partial charge in [0.15, 0.2) is 0 Å². The van der Waals surface area contributed by atoms with Crippen LogP contribution in [0.3, 0.4) is 0 Å². The van der Waals surface area contributed by atoms with Crippen LogP contribution in [-0.2, 0) is 11.2 Å². The molecule has 0 aliphatic carbocycles. The highest BCUT2D eigenvalue weighted by molar-refractivity contribution is 5.79. The molecule has 2 aromatic rings. The van der Waals surface area contributed by atoms with Crippen molar-refractivity contribution in [1.29, 1.82) is 0 Å². The van der Waals surface area contributed by atoms with Crippen LogP contribution in [0.1, 0.15) is 18.4 Å². The van der Waals surface area contributed by atoms with E-state index in [2.05, 4.69) is 41.3 Å². The lowest BCUT2D eigenvalue weighted by atomic mass is 9.96. The fraction of sp³-hybridized carbons (Fsp3) is 0.458. The SMILES string of the molecule is O=C(Cc1ccc(-c2ccccc2)cc1)N1C[C@@H](CN2CCCC2)[C@@H](CO)C1. The molecular weight excluding hydrogens is 348 g/mol. The second-order valence-electron chi connectivity index (χ2n) is 8.25. The van der Waals surface area contributed by atoms with Crippen molar-refractivity contribution in [2.75, 3.05) is 39.3 Å². The standard InChI is InChI=1S/C24H30N2O2/c27-18-23-17-26(16-22(23)15-25-12-4-5-13-25)24(28)14-19-8-10-21(11-9-19)20-6-2-1-3-7-20/h1-3,6-11,22-23,27H,4-5,12-18H2/t22-,23-/m1/s1. The summed E-state index contributed by atoms with van der Waals surface area (Å²) in [5.41, 5.74) is 3.41. The molecule has 0 saturated carbocycles. The van der Waals surface area contributed by atoms with Crippen molar-refractivity contribution in [3.8, 4) is 11.1 Å². The third kappa shape index (κ3) is 4.45. The Bertz CT molecular complexity index is 769. The van der Waals surface area contributed by atoms with Crippen LogP contribution in [0, 0.1) is 11.8 Å². The second kappa shape index (κ2) is 8.89. The van der Waals surface area contributed by atoms with Gasteiger partial charge in [-0.15, -0.1) is 0 Å². The van der Waals surface area contributed by atoms with E-state index in [1.54, 1.807) is 0 Å². The number of carbonyl (C=O) groups excluding carboxylic acids is 1. The van der Waals surface area contributed by atoms with Crippen molar-refractivity contribution in [3.63, 3.8) is 0 Å². The molecule has 2 aromatic carbocycles. The minimum Gasteiger partial charge on any atom is -0.396 e. The Balaban J connectivity index is 1.35. The molecule has 2 atom stereocenters. The topological polar surface area (TPSA) is 43.8 Å². The number of rotatable bonds is 6. The summed E-state index contributed by atoms with van der Waals surface area (Å²) in [6.07, 6.45) is 2.99. The van der Waals surface area contributed by atoms with Gasteiger partial charge >= 0.3 is 0 Å². The van der Waals surface area contributed by atoms with Crippen LogP contribution >= 0.6 is 0 Å². The quantitative estimate of drug-likeness (QED) is 0.840. The van der Waals surface area contributed by atoms with Gasteiger partial charge in [0.05, 0.1) is 6.42 Å². The van der Waals surface area contributed by atoms with Crippen LogP contribution in [0.2, 0.25) is 0 Å². The molecule has 1 N–H and O–H groups in total. The molecule has 2 fully saturated rings. The van der Waals surface area contributed by atoms with Crippen molar-refractivity contribution in [2.45, 2.75) is 19.3 Å². The largest absolute Gasteiger partial charge is 0.396 e. The molecule has 4 nitrogen and oxygen atoms in total. The van der Waals surface area contributed by atoms with Gasteiger partial charge in [-0.05, 0) is 48.5 Å². The summed E-state index contributed by atoms with van der Waals surface area (Å²) >= 11 is 0. The minimum atomic E-state index is 0.175. The van der Waals surface area contributed by atoms with Crippen molar-refractivity contribution >= 4 is 5.91 Å². The smallest absolute Gasteiger partial charge is 0.227 e. The molecule has 2 heterocycles. The monoisotopic (exact) mass is 378 g/mol. The van der Waals surface area contributed by atoms with Gasteiger partial charge in [0.1, 0.15) is 0 Å². The summed E-state index contributed by atoms with van der Waals surface area (Å²) in [5.74, 6) is 0.785. The highest BCUT2D eigenvalue weighted by Crippen LogP contribution is 2.26. The Hall–Kier alpha value is -2.17. The normalized spacial score (nSPS) is 22.7. The molecule has 4 rings (SSSR count). The van der Waals surface area contributed by atoms with E-state index in [4.69, 9.17) is 0 Å². The average Bonchev–Trinajstić information content (AvgIpc) is 3.39. The summed E-state index contributed by atoms with van der Waals surface area (Å²) in [6, 6.07) is 18.6. The first-order chi connectivity index (χ1) is 13.7. The molecule has 0 bridgehead atoms. The zero-order valence-corrected chi connectivity index (χ0v) is 16.5. The van der Waals surface area contributed by atoms with Gasteiger partial charge in [0.25, 0.3) is 0 Å². The van der Waals surface area contributed by atoms with Gasteiger partial charge in [0.2, 0.25) is 5.91 Å². The summed E-state index contributed by atoms with van der Waals surface area (Å²) in [5, 5.41) is 9.78. The molecular formula is C24H30N2O2. The fourth-order valence-corrected chi connectivity index (χ4v) is 4.58. The Morgan fingerprint density at radius 3 is 2.21 bits per heavy atom. The summed E-state index contributed by atoms with van der Waals surface area (Å²) in [6.45, 7) is 4.99. The van der Waals surface area contributed by atoms with E-state index in [9.17, 15) is 9.90 Å². The Labute approximate surface area is 167 Å². The van der Waals surface area contributed by atoms with Gasteiger partial charge in [-0.2, -0.15) is 0 Å². The zero-order chi connectivity index (χ0) is 19.3. The molecule has 0 unspecified atom stereocenters. The molecule has 28 heavy (non-hydrogen) atoms. The van der Waals surface area contributed by atoms with E-state index in [0.29, 0.717) is 18.9 Å². The Morgan fingerprint density at radius 2 is 1.54 bits per heavy atom. The van der Waals surface area contributed by atoms with E-state index in [1.807, 2.05) is 23.1 Å². The number of hydrogen-bond acceptors (Lipinski definition) is 3. The summed E-state index contributed by atoms with van der Waals surface area (Å²) < 4.78 is 0. The number of aliphatic hydroxyl groups excluding tert-OH is 1. The van der Waals surface area contributed by atoms with Crippen LogP contribution in [-0.4, -0.2) is 60.1 Å². The van der Waals surface area contributed by atoms with Crippen molar-refractivity contribution in [3.05, 3.63) is 60.2 Å².